The van der Waals surface area contributed by atoms with Gasteiger partial charge in [0.05, 0.1) is 6.10 Å². The number of nitrogens with two attached hydrogens (primary N) is 1. The van der Waals surface area contributed by atoms with Crippen LogP contribution in [0, 0.1) is 5.82 Å². The molecule has 0 saturated carbocycles. The van der Waals surface area contributed by atoms with E-state index in [4.69, 9.17) is 15.2 Å². The van der Waals surface area contributed by atoms with E-state index in [2.05, 4.69) is 4.90 Å². The summed E-state index contributed by atoms with van der Waals surface area (Å²) < 4.78 is 24.6. The molecule has 0 radical (unpaired) electrons. The standard InChI is InChI=1S/C21H25FN2O3/c22-18-9-7-16(8-10-18)12-24(14-19-5-3-11-26-19)13-17-4-1-2-6-20(17)27-15-21(23)25/h1-2,4,6-10,19H,3,5,11-15H2,(H2,23,25)/t19-/m0/s1. The Labute approximate surface area is 158 Å². The number of ether oxygens (including phenoxy) is 2. The van der Waals surface area contributed by atoms with Crippen molar-refractivity contribution >= 4 is 5.91 Å². The number of primary amides is 1. The van der Waals surface area contributed by atoms with Gasteiger partial charge < -0.3 is 15.2 Å². The molecule has 1 fully saturated rings. The highest BCUT2D eigenvalue weighted by atomic mass is 19.1. The first-order valence-corrected chi connectivity index (χ1v) is 9.17. The molecule has 1 amide bonds. The molecule has 3 rings (SSSR count). The molecule has 2 aromatic carbocycles. The van der Waals surface area contributed by atoms with Gasteiger partial charge in [-0.2, -0.15) is 0 Å². The minimum absolute atomic E-state index is 0.152. The van der Waals surface area contributed by atoms with E-state index in [0.29, 0.717) is 18.8 Å². The van der Waals surface area contributed by atoms with E-state index in [-0.39, 0.29) is 18.5 Å². The zero-order chi connectivity index (χ0) is 19.1. The molecule has 1 aliphatic rings. The second-order valence-electron chi connectivity index (χ2n) is 6.79. The van der Waals surface area contributed by atoms with Crippen molar-refractivity contribution in [2.75, 3.05) is 19.8 Å². The van der Waals surface area contributed by atoms with Crippen LogP contribution in [0.25, 0.3) is 0 Å². The maximum Gasteiger partial charge on any atom is 0.255 e. The molecular formula is C21H25FN2O3. The zero-order valence-electron chi connectivity index (χ0n) is 15.3. The quantitative estimate of drug-likeness (QED) is 0.735. The average molecular weight is 372 g/mol. The highest BCUT2D eigenvalue weighted by Crippen LogP contribution is 2.23. The first-order chi connectivity index (χ1) is 13.1. The number of para-hydroxylation sites is 1. The second kappa shape index (κ2) is 9.48. The minimum Gasteiger partial charge on any atom is -0.483 e. The van der Waals surface area contributed by atoms with Gasteiger partial charge in [0, 0.05) is 31.8 Å². The van der Waals surface area contributed by atoms with Gasteiger partial charge in [0.25, 0.3) is 5.91 Å². The normalized spacial score (nSPS) is 16.6. The summed E-state index contributed by atoms with van der Waals surface area (Å²) in [5.74, 6) is -0.102. The molecule has 5 nitrogen and oxygen atoms in total. The van der Waals surface area contributed by atoms with Crippen LogP contribution < -0.4 is 10.5 Å². The zero-order valence-corrected chi connectivity index (χ0v) is 15.3. The number of hydrogen-bond acceptors (Lipinski definition) is 4. The van der Waals surface area contributed by atoms with Crippen LogP contribution in [0.15, 0.2) is 48.5 Å². The molecule has 2 aromatic rings. The lowest BCUT2D eigenvalue weighted by atomic mass is 10.1. The first-order valence-electron chi connectivity index (χ1n) is 9.17. The Morgan fingerprint density at radius 3 is 2.67 bits per heavy atom. The van der Waals surface area contributed by atoms with Gasteiger partial charge in [0.15, 0.2) is 6.61 Å². The van der Waals surface area contributed by atoms with E-state index < -0.39 is 5.91 Å². The molecule has 0 unspecified atom stereocenters. The third kappa shape index (κ3) is 6.05. The van der Waals surface area contributed by atoms with Gasteiger partial charge in [-0.25, -0.2) is 4.39 Å². The van der Waals surface area contributed by atoms with Crippen LogP contribution in [0.2, 0.25) is 0 Å². The summed E-state index contributed by atoms with van der Waals surface area (Å²) in [6.07, 6.45) is 2.32. The number of carbonyl (C=O) groups excluding carboxylic acids is 1. The van der Waals surface area contributed by atoms with Crippen molar-refractivity contribution in [1.29, 1.82) is 0 Å². The summed E-state index contributed by atoms with van der Waals surface area (Å²) in [5.41, 5.74) is 7.20. The number of rotatable bonds is 9. The monoisotopic (exact) mass is 372 g/mol. The number of benzene rings is 2. The van der Waals surface area contributed by atoms with Gasteiger partial charge in [-0.1, -0.05) is 30.3 Å². The number of amides is 1. The number of nitrogens with zero attached hydrogens (tertiary/aromatic N) is 1. The fourth-order valence-electron chi connectivity index (χ4n) is 3.27. The van der Waals surface area contributed by atoms with Gasteiger partial charge >= 0.3 is 0 Å². The first kappa shape index (κ1) is 19.3. The largest absolute Gasteiger partial charge is 0.483 e. The minimum atomic E-state index is -0.507. The molecule has 1 aliphatic heterocycles. The highest BCUT2D eigenvalue weighted by molar-refractivity contribution is 5.75. The van der Waals surface area contributed by atoms with Crippen molar-refractivity contribution in [1.82, 2.24) is 4.90 Å². The van der Waals surface area contributed by atoms with Crippen molar-refractivity contribution < 1.29 is 18.7 Å². The Balaban J connectivity index is 1.73. The third-order valence-corrected chi connectivity index (χ3v) is 4.54. The molecule has 6 heteroatoms. The van der Waals surface area contributed by atoms with Gasteiger partial charge in [-0.05, 0) is 36.6 Å². The van der Waals surface area contributed by atoms with E-state index in [9.17, 15) is 9.18 Å². The topological polar surface area (TPSA) is 64.8 Å². The predicted octanol–water partition coefficient (Wildman–Crippen LogP) is 2.87. The number of hydrogen-bond donors (Lipinski definition) is 1. The van der Waals surface area contributed by atoms with Crippen molar-refractivity contribution in [3.05, 3.63) is 65.5 Å². The fourth-order valence-corrected chi connectivity index (χ4v) is 3.27. The Kier molecular flexibility index (Phi) is 6.79. The van der Waals surface area contributed by atoms with Crippen LogP contribution in [0.4, 0.5) is 4.39 Å². The fraction of sp³-hybridized carbons (Fsp3) is 0.381. The van der Waals surface area contributed by atoms with Gasteiger partial charge in [0.1, 0.15) is 11.6 Å². The van der Waals surface area contributed by atoms with Crippen LogP contribution >= 0.6 is 0 Å². The molecule has 0 aromatic heterocycles. The van der Waals surface area contributed by atoms with Crippen LogP contribution in [0.5, 0.6) is 5.75 Å². The lowest BCUT2D eigenvalue weighted by Crippen LogP contribution is -2.31. The van der Waals surface area contributed by atoms with Crippen molar-refractivity contribution in [3.63, 3.8) is 0 Å². The number of halogens is 1. The van der Waals surface area contributed by atoms with Gasteiger partial charge in [0.2, 0.25) is 0 Å². The molecule has 0 aliphatic carbocycles. The van der Waals surface area contributed by atoms with E-state index >= 15 is 0 Å². The van der Waals surface area contributed by atoms with Crippen LogP contribution in [0.3, 0.4) is 0 Å². The lowest BCUT2D eigenvalue weighted by molar-refractivity contribution is -0.119. The third-order valence-electron chi connectivity index (χ3n) is 4.54. The Morgan fingerprint density at radius 2 is 1.96 bits per heavy atom. The van der Waals surface area contributed by atoms with E-state index in [1.807, 2.05) is 24.3 Å². The Hall–Kier alpha value is -2.44. The Bertz CT molecular complexity index is 745. The molecule has 1 atom stereocenters. The van der Waals surface area contributed by atoms with Gasteiger partial charge in [-0.15, -0.1) is 0 Å². The average Bonchev–Trinajstić information content (AvgIpc) is 3.16. The summed E-state index contributed by atoms with van der Waals surface area (Å²) in [7, 11) is 0. The van der Waals surface area contributed by atoms with E-state index in [0.717, 1.165) is 37.1 Å². The summed E-state index contributed by atoms with van der Waals surface area (Å²) in [6, 6.07) is 14.2. The summed E-state index contributed by atoms with van der Waals surface area (Å²) >= 11 is 0. The molecule has 0 spiro atoms. The summed E-state index contributed by atoms with van der Waals surface area (Å²) in [4.78, 5) is 13.3. The summed E-state index contributed by atoms with van der Waals surface area (Å²) in [6.45, 7) is 2.73. The molecule has 2 N–H and O–H groups in total. The van der Waals surface area contributed by atoms with E-state index in [1.54, 1.807) is 12.1 Å². The van der Waals surface area contributed by atoms with Gasteiger partial charge in [-0.3, -0.25) is 9.69 Å². The van der Waals surface area contributed by atoms with Crippen LogP contribution in [0.1, 0.15) is 24.0 Å². The maximum absolute atomic E-state index is 13.2. The van der Waals surface area contributed by atoms with Crippen LogP contribution in [-0.4, -0.2) is 36.7 Å². The predicted molar refractivity (Wildman–Crippen MR) is 101 cm³/mol. The SMILES string of the molecule is NC(=O)COc1ccccc1CN(Cc1ccc(F)cc1)C[C@@H]1CCCO1. The maximum atomic E-state index is 13.2. The Morgan fingerprint density at radius 1 is 1.19 bits per heavy atom. The summed E-state index contributed by atoms with van der Waals surface area (Å²) in [5, 5.41) is 0. The van der Waals surface area contributed by atoms with Crippen molar-refractivity contribution in [3.8, 4) is 5.75 Å². The molecule has 1 saturated heterocycles. The molecule has 0 bridgehead atoms. The van der Waals surface area contributed by atoms with Crippen molar-refractivity contribution in [2.45, 2.75) is 32.0 Å². The van der Waals surface area contributed by atoms with Crippen molar-refractivity contribution in [2.24, 2.45) is 5.73 Å². The highest BCUT2D eigenvalue weighted by Gasteiger charge is 2.20. The molecular weight excluding hydrogens is 347 g/mol. The van der Waals surface area contributed by atoms with E-state index in [1.165, 1.54) is 12.1 Å². The molecule has 27 heavy (non-hydrogen) atoms. The van der Waals surface area contributed by atoms with Crippen LogP contribution in [-0.2, 0) is 22.6 Å². The smallest absolute Gasteiger partial charge is 0.255 e. The lowest BCUT2D eigenvalue weighted by Gasteiger charge is -2.26. The number of carbonyl (C=O) groups is 1. The molecule has 144 valence electrons. The molecule has 1 heterocycles. The second-order valence-corrected chi connectivity index (χ2v) is 6.79.